The molecular weight excluding hydrogens is 324 g/mol. The molecule has 0 aliphatic carbocycles. The Hall–Kier alpha value is -2.74. The largest absolute Gasteiger partial charge is 0.356 e. The summed E-state index contributed by atoms with van der Waals surface area (Å²) in [7, 11) is 1.69. The molecule has 132 valence electrons. The molecule has 0 unspecified atom stereocenters. The fourth-order valence-corrected chi connectivity index (χ4v) is 2.90. The molecule has 2 atom stereocenters. The number of morpholine rings is 1. The van der Waals surface area contributed by atoms with Crippen molar-refractivity contribution >= 4 is 11.8 Å². The van der Waals surface area contributed by atoms with Crippen LogP contribution in [-0.2, 0) is 20.9 Å². The van der Waals surface area contributed by atoms with Crippen molar-refractivity contribution in [2.24, 2.45) is 0 Å². The summed E-state index contributed by atoms with van der Waals surface area (Å²) in [5, 5.41) is 10.2. The fraction of sp³-hybridized carbons (Fsp3) is 0.412. The molecule has 1 aromatic heterocycles. The van der Waals surface area contributed by atoms with Gasteiger partial charge in [-0.15, -0.1) is 0 Å². The second-order valence-electron chi connectivity index (χ2n) is 6.05. The third-order valence-electron chi connectivity index (χ3n) is 4.43. The molecule has 25 heavy (non-hydrogen) atoms. The minimum atomic E-state index is -0.802. The lowest BCUT2D eigenvalue weighted by Gasteiger charge is -2.38. The highest BCUT2D eigenvalue weighted by molar-refractivity contribution is 5.86. The van der Waals surface area contributed by atoms with Gasteiger partial charge in [0.2, 0.25) is 5.91 Å². The maximum absolute atomic E-state index is 12.7. The molecule has 2 heterocycles. The minimum Gasteiger partial charge on any atom is -0.356 e. The van der Waals surface area contributed by atoms with Crippen LogP contribution in [0.4, 0.5) is 0 Å². The zero-order chi connectivity index (χ0) is 18.0. The summed E-state index contributed by atoms with van der Waals surface area (Å²) in [6.07, 6.45) is -0.802. The summed E-state index contributed by atoms with van der Waals surface area (Å²) < 4.78 is 10.2. The highest BCUT2D eigenvalue weighted by Crippen LogP contribution is 2.31. The van der Waals surface area contributed by atoms with E-state index in [1.54, 1.807) is 18.9 Å². The normalized spacial score (nSPS) is 20.6. The molecule has 8 nitrogen and oxygen atoms in total. The van der Waals surface area contributed by atoms with Crippen molar-refractivity contribution in [3.05, 3.63) is 46.8 Å². The summed E-state index contributed by atoms with van der Waals surface area (Å²) in [5.41, 5.74) is 3.05. The predicted molar refractivity (Wildman–Crippen MR) is 87.3 cm³/mol. The molecule has 0 bridgehead atoms. The van der Waals surface area contributed by atoms with Crippen LogP contribution < -0.4 is 5.32 Å². The van der Waals surface area contributed by atoms with Crippen molar-refractivity contribution in [2.75, 3.05) is 13.7 Å². The van der Waals surface area contributed by atoms with Gasteiger partial charge in [0.1, 0.15) is 18.0 Å². The van der Waals surface area contributed by atoms with Crippen molar-refractivity contribution in [3.63, 3.8) is 0 Å². The Morgan fingerprint density at radius 3 is 2.76 bits per heavy atom. The quantitative estimate of drug-likeness (QED) is 0.885. The molecule has 1 aromatic carbocycles. The van der Waals surface area contributed by atoms with Crippen LogP contribution in [0.2, 0.25) is 0 Å². The number of carbonyl (C=O) groups is 2. The van der Waals surface area contributed by atoms with E-state index in [9.17, 15) is 9.59 Å². The maximum atomic E-state index is 12.7. The van der Waals surface area contributed by atoms with Gasteiger partial charge in [-0.25, -0.2) is 4.63 Å². The van der Waals surface area contributed by atoms with Gasteiger partial charge in [-0.05, 0) is 25.0 Å². The number of amides is 2. The Morgan fingerprint density at radius 1 is 1.32 bits per heavy atom. The van der Waals surface area contributed by atoms with Crippen LogP contribution in [-0.4, -0.2) is 46.8 Å². The Labute approximate surface area is 145 Å². The van der Waals surface area contributed by atoms with Crippen LogP contribution in [0.25, 0.3) is 0 Å². The summed E-state index contributed by atoms with van der Waals surface area (Å²) in [5.74, 6) is -0.469. The van der Waals surface area contributed by atoms with Gasteiger partial charge in [-0.1, -0.05) is 34.6 Å². The standard InChI is InChI=1S/C17H20N4O4/c1-10-6-4-5-7-12(10)15-16(24-9-14(22)21(15)3)17(23)18-8-13-11(2)19-25-20-13/h4-7,15-16H,8-9H2,1-3H3,(H,18,23)/t15-,16+/m1/s1. The number of nitrogens with one attached hydrogen (secondary N) is 1. The smallest absolute Gasteiger partial charge is 0.252 e. The number of aryl methyl sites for hydroxylation is 2. The highest BCUT2D eigenvalue weighted by Gasteiger charge is 2.40. The van der Waals surface area contributed by atoms with E-state index in [0.717, 1.165) is 11.1 Å². The summed E-state index contributed by atoms with van der Waals surface area (Å²) in [4.78, 5) is 26.4. The van der Waals surface area contributed by atoms with Crippen LogP contribution in [0.5, 0.6) is 0 Å². The van der Waals surface area contributed by atoms with E-state index in [4.69, 9.17) is 4.74 Å². The molecule has 0 radical (unpaired) electrons. The van der Waals surface area contributed by atoms with E-state index in [1.165, 1.54) is 0 Å². The highest BCUT2D eigenvalue weighted by atomic mass is 16.6. The second kappa shape index (κ2) is 7.02. The molecule has 1 aliphatic heterocycles. The van der Waals surface area contributed by atoms with Gasteiger partial charge >= 0.3 is 0 Å². The second-order valence-corrected chi connectivity index (χ2v) is 6.05. The Bertz CT molecular complexity index is 788. The molecule has 0 saturated carbocycles. The van der Waals surface area contributed by atoms with E-state index in [1.807, 2.05) is 31.2 Å². The number of hydrogen-bond acceptors (Lipinski definition) is 6. The first-order valence-electron chi connectivity index (χ1n) is 7.97. The van der Waals surface area contributed by atoms with Crippen LogP contribution >= 0.6 is 0 Å². The van der Waals surface area contributed by atoms with E-state index in [-0.39, 0.29) is 25.0 Å². The molecule has 1 N–H and O–H groups in total. The molecule has 1 fully saturated rings. The SMILES string of the molecule is Cc1ccccc1[C@@H]1[C@@H](C(=O)NCc2nonc2C)OCC(=O)N1C. The fourth-order valence-electron chi connectivity index (χ4n) is 2.90. The topological polar surface area (TPSA) is 97.6 Å². The third kappa shape index (κ3) is 3.39. The lowest BCUT2D eigenvalue weighted by atomic mass is 9.94. The molecule has 1 saturated heterocycles. The van der Waals surface area contributed by atoms with E-state index in [0.29, 0.717) is 11.4 Å². The number of hydrogen-bond donors (Lipinski definition) is 1. The van der Waals surface area contributed by atoms with Gasteiger partial charge in [0.05, 0.1) is 12.6 Å². The number of ether oxygens (including phenoxy) is 1. The first-order chi connectivity index (χ1) is 12.0. The van der Waals surface area contributed by atoms with Gasteiger partial charge in [-0.2, -0.15) is 0 Å². The maximum Gasteiger partial charge on any atom is 0.252 e. The first kappa shape index (κ1) is 17.1. The molecular formula is C17H20N4O4. The van der Waals surface area contributed by atoms with Crippen molar-refractivity contribution in [2.45, 2.75) is 32.5 Å². The van der Waals surface area contributed by atoms with Crippen LogP contribution in [0.1, 0.15) is 28.6 Å². The van der Waals surface area contributed by atoms with E-state index in [2.05, 4.69) is 20.3 Å². The van der Waals surface area contributed by atoms with Crippen molar-refractivity contribution in [3.8, 4) is 0 Å². The van der Waals surface area contributed by atoms with Gasteiger partial charge in [0.25, 0.3) is 5.91 Å². The van der Waals surface area contributed by atoms with Crippen LogP contribution in [0.15, 0.2) is 28.9 Å². The monoisotopic (exact) mass is 344 g/mol. The van der Waals surface area contributed by atoms with Gasteiger partial charge in [0.15, 0.2) is 6.10 Å². The van der Waals surface area contributed by atoms with Crippen LogP contribution in [0, 0.1) is 13.8 Å². The van der Waals surface area contributed by atoms with Crippen molar-refractivity contribution < 1.29 is 19.0 Å². The van der Waals surface area contributed by atoms with Gasteiger partial charge in [-0.3, -0.25) is 9.59 Å². The lowest BCUT2D eigenvalue weighted by Crippen LogP contribution is -2.53. The van der Waals surface area contributed by atoms with Crippen molar-refractivity contribution in [1.82, 2.24) is 20.5 Å². The lowest BCUT2D eigenvalue weighted by molar-refractivity contribution is -0.162. The molecule has 0 spiro atoms. The number of aromatic nitrogens is 2. The number of nitrogens with zero attached hydrogens (tertiary/aromatic N) is 3. The van der Waals surface area contributed by atoms with Gasteiger partial charge < -0.3 is 15.0 Å². The van der Waals surface area contributed by atoms with E-state index < -0.39 is 12.1 Å². The van der Waals surface area contributed by atoms with E-state index >= 15 is 0 Å². The molecule has 1 aliphatic rings. The molecule has 2 aromatic rings. The number of rotatable bonds is 4. The molecule has 8 heteroatoms. The first-order valence-corrected chi connectivity index (χ1v) is 7.97. The minimum absolute atomic E-state index is 0.124. The summed E-state index contributed by atoms with van der Waals surface area (Å²) in [6.45, 7) is 3.76. The van der Waals surface area contributed by atoms with Crippen molar-refractivity contribution in [1.29, 1.82) is 0 Å². The Kier molecular flexibility index (Phi) is 4.80. The Balaban J connectivity index is 1.82. The average Bonchev–Trinajstić information content (AvgIpc) is 3.01. The zero-order valence-electron chi connectivity index (χ0n) is 14.4. The van der Waals surface area contributed by atoms with Gasteiger partial charge in [0, 0.05) is 7.05 Å². The number of carbonyl (C=O) groups excluding carboxylic acids is 2. The third-order valence-corrected chi connectivity index (χ3v) is 4.43. The predicted octanol–water partition coefficient (Wildman–Crippen LogP) is 0.901. The molecule has 2 amide bonds. The van der Waals surface area contributed by atoms with Crippen LogP contribution in [0.3, 0.4) is 0 Å². The summed E-state index contributed by atoms with van der Waals surface area (Å²) in [6, 6.07) is 7.17. The number of likely N-dealkylation sites (N-methyl/N-ethyl adjacent to an activating group) is 1. The summed E-state index contributed by atoms with van der Waals surface area (Å²) >= 11 is 0. The molecule has 3 rings (SSSR count). The zero-order valence-corrected chi connectivity index (χ0v) is 14.4. The average molecular weight is 344 g/mol. The Morgan fingerprint density at radius 2 is 2.08 bits per heavy atom. The number of benzene rings is 1.